The third kappa shape index (κ3) is 3.33. The number of aromatic nitrogens is 4. The first-order valence-electron chi connectivity index (χ1n) is 6.19. The largest absolute Gasteiger partial charge is 0.479 e. The van der Waals surface area contributed by atoms with Crippen LogP contribution in [0.25, 0.3) is 11.0 Å². The number of hydrogen-bond acceptors (Lipinski definition) is 5. The second kappa shape index (κ2) is 6.68. The number of halogens is 1. The van der Waals surface area contributed by atoms with Crippen LogP contribution in [0, 0.1) is 0 Å². The Morgan fingerprint density at radius 2 is 2.11 bits per heavy atom. The lowest BCUT2D eigenvalue weighted by atomic mass is 10.2. The molecule has 0 bridgehead atoms. The number of rotatable bonds is 7. The Hall–Kier alpha value is -1.40. The minimum Gasteiger partial charge on any atom is -0.479 e. The maximum atomic E-state index is 5.89. The third-order valence-electron chi connectivity index (χ3n) is 2.84. The van der Waals surface area contributed by atoms with Crippen LogP contribution in [0.3, 0.4) is 0 Å². The molecule has 0 aromatic carbocycles. The molecule has 19 heavy (non-hydrogen) atoms. The Kier molecular flexibility index (Phi) is 4.93. The number of hydrogen-bond donors (Lipinski definition) is 0. The van der Waals surface area contributed by atoms with Gasteiger partial charge in [0.2, 0.25) is 5.88 Å². The van der Waals surface area contributed by atoms with Crippen LogP contribution in [0.15, 0.2) is 6.07 Å². The van der Waals surface area contributed by atoms with Crippen molar-refractivity contribution in [3.63, 3.8) is 0 Å². The minimum absolute atomic E-state index is 0.358. The van der Waals surface area contributed by atoms with Crippen LogP contribution >= 0.6 is 11.6 Å². The van der Waals surface area contributed by atoms with E-state index in [9.17, 15) is 0 Å². The summed E-state index contributed by atoms with van der Waals surface area (Å²) in [6, 6.07) is 1.69. The first kappa shape index (κ1) is 14.0. The van der Waals surface area contributed by atoms with Gasteiger partial charge < -0.3 is 9.47 Å². The Morgan fingerprint density at radius 1 is 1.26 bits per heavy atom. The van der Waals surface area contributed by atoms with Gasteiger partial charge in [-0.3, -0.25) is 0 Å². The van der Waals surface area contributed by atoms with Crippen LogP contribution in [0.4, 0.5) is 0 Å². The van der Waals surface area contributed by atoms with Gasteiger partial charge in [-0.25, -0.2) is 4.68 Å². The first-order valence-corrected chi connectivity index (χ1v) is 6.56. The van der Waals surface area contributed by atoms with Gasteiger partial charge in [0, 0.05) is 26.3 Å². The highest BCUT2D eigenvalue weighted by atomic mass is 35.5. The molecule has 0 N–H and O–H groups in total. The first-order chi connectivity index (χ1) is 9.26. The second-order valence-electron chi connectivity index (χ2n) is 4.19. The smallest absolute Gasteiger partial charge is 0.243 e. The number of ether oxygens (including phenoxy) is 2. The Labute approximate surface area is 116 Å². The van der Waals surface area contributed by atoms with Crippen LogP contribution in [-0.4, -0.2) is 40.8 Å². The summed E-state index contributed by atoms with van der Waals surface area (Å²) in [7, 11) is 3.28. The van der Waals surface area contributed by atoms with Gasteiger partial charge in [0.05, 0.1) is 7.11 Å². The molecule has 0 saturated heterocycles. The predicted molar refractivity (Wildman–Crippen MR) is 72.6 cm³/mol. The van der Waals surface area contributed by atoms with E-state index in [1.807, 2.05) is 4.68 Å². The molecule has 0 unspecified atom stereocenters. The van der Waals surface area contributed by atoms with Crippen molar-refractivity contribution in [2.75, 3.05) is 20.8 Å². The number of unbranched alkanes of at least 4 members (excludes halogenated alkanes) is 2. The molecule has 2 aromatic heterocycles. The molecule has 0 aliphatic carbocycles. The average Bonchev–Trinajstić information content (AvgIpc) is 2.80. The van der Waals surface area contributed by atoms with E-state index in [1.165, 1.54) is 0 Å². The molecule has 7 heteroatoms. The van der Waals surface area contributed by atoms with Gasteiger partial charge in [-0.1, -0.05) is 16.8 Å². The standard InChI is InChI=1S/C12H17ClN4O2/c1-18-7-5-3-4-6-17-11-9(15-16-17)8-10(13)14-12(11)19-2/h8H,3-7H2,1-2H3. The van der Waals surface area contributed by atoms with Gasteiger partial charge >= 0.3 is 0 Å². The number of nitrogens with zero attached hydrogens (tertiary/aromatic N) is 4. The quantitative estimate of drug-likeness (QED) is 0.577. The van der Waals surface area contributed by atoms with E-state index < -0.39 is 0 Å². The number of methoxy groups -OCH3 is 2. The molecule has 104 valence electrons. The maximum Gasteiger partial charge on any atom is 0.243 e. The van der Waals surface area contributed by atoms with Crippen molar-refractivity contribution < 1.29 is 9.47 Å². The summed E-state index contributed by atoms with van der Waals surface area (Å²) in [5, 5.41) is 8.56. The van der Waals surface area contributed by atoms with Crippen molar-refractivity contribution in [2.45, 2.75) is 25.8 Å². The zero-order chi connectivity index (χ0) is 13.7. The topological polar surface area (TPSA) is 62.1 Å². The van der Waals surface area contributed by atoms with Crippen LogP contribution in [0.1, 0.15) is 19.3 Å². The molecule has 0 spiro atoms. The fraction of sp³-hybridized carbons (Fsp3) is 0.583. The van der Waals surface area contributed by atoms with E-state index in [1.54, 1.807) is 20.3 Å². The van der Waals surface area contributed by atoms with Crippen molar-refractivity contribution in [1.29, 1.82) is 0 Å². The fourth-order valence-electron chi connectivity index (χ4n) is 1.92. The summed E-state index contributed by atoms with van der Waals surface area (Å²) in [6.45, 7) is 1.57. The van der Waals surface area contributed by atoms with Crippen molar-refractivity contribution in [3.8, 4) is 5.88 Å². The lowest BCUT2D eigenvalue weighted by Gasteiger charge is -2.05. The average molecular weight is 285 g/mol. The fourth-order valence-corrected chi connectivity index (χ4v) is 2.10. The van der Waals surface area contributed by atoms with Crippen molar-refractivity contribution in [1.82, 2.24) is 20.0 Å². The molecule has 0 fully saturated rings. The summed E-state index contributed by atoms with van der Waals surface area (Å²) >= 11 is 5.89. The summed E-state index contributed by atoms with van der Waals surface area (Å²) < 4.78 is 12.1. The van der Waals surface area contributed by atoms with Gasteiger partial charge in [-0.15, -0.1) is 5.10 Å². The Morgan fingerprint density at radius 3 is 2.84 bits per heavy atom. The lowest BCUT2D eigenvalue weighted by molar-refractivity contribution is 0.191. The van der Waals surface area contributed by atoms with E-state index in [4.69, 9.17) is 21.1 Å². The van der Waals surface area contributed by atoms with Crippen LogP contribution in [0.2, 0.25) is 5.15 Å². The molecule has 2 heterocycles. The predicted octanol–water partition coefficient (Wildman–Crippen LogP) is 2.30. The van der Waals surface area contributed by atoms with Gasteiger partial charge in [-0.2, -0.15) is 4.98 Å². The molecule has 0 aliphatic rings. The van der Waals surface area contributed by atoms with Crippen LogP contribution in [0.5, 0.6) is 5.88 Å². The van der Waals surface area contributed by atoms with E-state index in [0.717, 1.165) is 37.9 Å². The number of fused-ring (bicyclic) bond motifs is 1. The van der Waals surface area contributed by atoms with Crippen LogP contribution in [-0.2, 0) is 11.3 Å². The van der Waals surface area contributed by atoms with Crippen molar-refractivity contribution in [3.05, 3.63) is 11.2 Å². The highest BCUT2D eigenvalue weighted by molar-refractivity contribution is 6.30. The SMILES string of the molecule is COCCCCCn1nnc2cc(Cl)nc(OC)c21. The molecule has 0 radical (unpaired) electrons. The van der Waals surface area contributed by atoms with E-state index in [2.05, 4.69) is 15.3 Å². The highest BCUT2D eigenvalue weighted by Gasteiger charge is 2.13. The summed E-state index contributed by atoms with van der Waals surface area (Å²) in [4.78, 5) is 4.13. The van der Waals surface area contributed by atoms with E-state index in [0.29, 0.717) is 16.5 Å². The maximum absolute atomic E-state index is 5.89. The molecule has 0 amide bonds. The van der Waals surface area contributed by atoms with Gasteiger partial charge in [0.15, 0.2) is 5.52 Å². The summed E-state index contributed by atoms with van der Waals surface area (Å²) in [5.41, 5.74) is 1.49. The summed E-state index contributed by atoms with van der Waals surface area (Å²) in [5.74, 6) is 0.462. The molecule has 0 atom stereocenters. The Bertz CT molecular complexity index is 544. The molecular weight excluding hydrogens is 268 g/mol. The normalized spacial score (nSPS) is 11.1. The van der Waals surface area contributed by atoms with E-state index >= 15 is 0 Å². The van der Waals surface area contributed by atoms with Crippen molar-refractivity contribution in [2.24, 2.45) is 0 Å². The molecule has 2 rings (SSSR count). The number of pyridine rings is 1. The monoisotopic (exact) mass is 284 g/mol. The third-order valence-corrected chi connectivity index (χ3v) is 3.03. The molecule has 0 saturated carbocycles. The highest BCUT2D eigenvalue weighted by Crippen LogP contribution is 2.24. The second-order valence-corrected chi connectivity index (χ2v) is 4.58. The van der Waals surface area contributed by atoms with Crippen molar-refractivity contribution >= 4 is 22.6 Å². The van der Waals surface area contributed by atoms with Crippen LogP contribution < -0.4 is 4.74 Å². The van der Waals surface area contributed by atoms with E-state index in [-0.39, 0.29) is 0 Å². The molecule has 0 aliphatic heterocycles. The molecular formula is C12H17ClN4O2. The minimum atomic E-state index is 0.358. The zero-order valence-corrected chi connectivity index (χ0v) is 11.9. The Balaban J connectivity index is 2.11. The molecule has 6 nitrogen and oxygen atoms in total. The zero-order valence-electron chi connectivity index (χ0n) is 11.1. The van der Waals surface area contributed by atoms with Gasteiger partial charge in [-0.05, 0) is 19.3 Å². The van der Waals surface area contributed by atoms with Gasteiger partial charge in [0.1, 0.15) is 10.7 Å². The van der Waals surface area contributed by atoms with Gasteiger partial charge in [0.25, 0.3) is 0 Å². The molecule has 2 aromatic rings. The number of aryl methyl sites for hydroxylation is 1. The summed E-state index contributed by atoms with van der Waals surface area (Å²) in [6.07, 6.45) is 3.14. The lowest BCUT2D eigenvalue weighted by Crippen LogP contribution is -2.03.